The summed E-state index contributed by atoms with van der Waals surface area (Å²) in [4.78, 5) is 20.5. The topological polar surface area (TPSA) is 143 Å². The Balaban J connectivity index is 2.26. The number of nitrogens with one attached hydrogen (secondary N) is 3. The number of carbonyl (C=O) groups excluding carboxylic acids is 1. The molecule has 2 atom stereocenters. The molecule has 2 heterocycles. The average molecular weight is 394 g/mol. The lowest BCUT2D eigenvalue weighted by atomic mass is 10.1. The molecule has 2 unspecified atom stereocenters. The van der Waals surface area contributed by atoms with Crippen LogP contribution in [0.4, 0.5) is 11.6 Å². The van der Waals surface area contributed by atoms with Crippen molar-refractivity contribution in [2.45, 2.75) is 38.8 Å². The van der Waals surface area contributed by atoms with E-state index >= 15 is 0 Å². The number of nitrogens with zero attached hydrogens (tertiary/aromatic N) is 2. The molecule has 1 aliphatic heterocycles. The van der Waals surface area contributed by atoms with Crippen LogP contribution in [0.5, 0.6) is 0 Å². The van der Waals surface area contributed by atoms with Crippen LogP contribution < -0.4 is 22.1 Å². The highest BCUT2D eigenvalue weighted by Crippen LogP contribution is 2.23. The Morgan fingerprint density at radius 3 is 2.81 bits per heavy atom. The Morgan fingerprint density at radius 1 is 1.54 bits per heavy atom. The van der Waals surface area contributed by atoms with E-state index in [0.29, 0.717) is 27.2 Å². The molecule has 0 aliphatic carbocycles. The SMILES string of the molecule is CCCC(Nc1cnc(C(N)=O)c(NC(=S)C2=CCSC2=N)n1)C(C)N. The largest absolute Gasteiger partial charge is 0.364 e. The van der Waals surface area contributed by atoms with Crippen molar-refractivity contribution in [2.24, 2.45) is 11.5 Å². The fraction of sp³-hybridized carbons (Fsp3) is 0.438. The summed E-state index contributed by atoms with van der Waals surface area (Å²) in [5.74, 6) is 0.620. The summed E-state index contributed by atoms with van der Waals surface area (Å²) in [7, 11) is 0. The number of thioether (sulfide) groups is 1. The van der Waals surface area contributed by atoms with E-state index in [1.165, 1.54) is 18.0 Å². The van der Waals surface area contributed by atoms with E-state index in [2.05, 4.69) is 27.5 Å². The van der Waals surface area contributed by atoms with Crippen molar-refractivity contribution in [1.29, 1.82) is 5.41 Å². The zero-order chi connectivity index (χ0) is 19.3. The monoisotopic (exact) mass is 393 g/mol. The Kier molecular flexibility index (Phi) is 7.06. The summed E-state index contributed by atoms with van der Waals surface area (Å²) in [6, 6.07) is -0.0538. The standard InChI is InChI=1S/C16H23N7OS2/c1-3-4-10(8(2)17)21-11-7-20-12(13(18)24)15(22-11)23-16(25)9-5-6-26-14(9)19/h5,7-8,10,19H,3-4,6,17H2,1-2H3,(H2,18,24)(H2,21,22,23,25). The predicted octanol–water partition coefficient (Wildman–Crippen LogP) is 1.89. The highest BCUT2D eigenvalue weighted by Gasteiger charge is 2.21. The van der Waals surface area contributed by atoms with Crippen LogP contribution in [0, 0.1) is 5.41 Å². The maximum Gasteiger partial charge on any atom is 0.271 e. The van der Waals surface area contributed by atoms with Gasteiger partial charge in [-0.25, -0.2) is 9.97 Å². The highest BCUT2D eigenvalue weighted by atomic mass is 32.2. The van der Waals surface area contributed by atoms with Crippen LogP contribution in [-0.4, -0.2) is 43.7 Å². The third kappa shape index (κ3) is 4.99. The predicted molar refractivity (Wildman–Crippen MR) is 111 cm³/mol. The minimum Gasteiger partial charge on any atom is -0.364 e. The number of anilines is 2. The second kappa shape index (κ2) is 9.06. The smallest absolute Gasteiger partial charge is 0.271 e. The van der Waals surface area contributed by atoms with Crippen LogP contribution in [-0.2, 0) is 0 Å². The molecule has 0 aromatic carbocycles. The molecule has 1 aromatic heterocycles. The van der Waals surface area contributed by atoms with Crippen LogP contribution in [0.2, 0.25) is 0 Å². The molecule has 1 amide bonds. The number of hydrogen-bond acceptors (Lipinski definition) is 8. The molecule has 7 N–H and O–H groups in total. The number of primary amides is 1. The molecule has 1 aromatic rings. The summed E-state index contributed by atoms with van der Waals surface area (Å²) >= 11 is 6.72. The molecule has 140 valence electrons. The first-order chi connectivity index (χ1) is 12.3. The molecule has 0 fully saturated rings. The highest BCUT2D eigenvalue weighted by molar-refractivity contribution is 8.15. The Hall–Kier alpha value is -2.04. The van der Waals surface area contributed by atoms with Gasteiger partial charge in [-0.15, -0.1) is 11.8 Å². The molecular formula is C16H23N7OS2. The third-order valence-corrected chi connectivity index (χ3v) is 4.97. The fourth-order valence-corrected chi connectivity index (χ4v) is 3.55. The van der Waals surface area contributed by atoms with Gasteiger partial charge in [0.25, 0.3) is 5.91 Å². The quantitative estimate of drug-likeness (QED) is 0.421. The molecule has 0 saturated heterocycles. The van der Waals surface area contributed by atoms with Gasteiger partial charge in [0.1, 0.15) is 10.8 Å². The lowest BCUT2D eigenvalue weighted by Gasteiger charge is -2.22. The molecule has 0 bridgehead atoms. The number of rotatable bonds is 8. The van der Waals surface area contributed by atoms with Crippen molar-refractivity contribution in [3.05, 3.63) is 23.5 Å². The number of hydrogen-bond donors (Lipinski definition) is 5. The average Bonchev–Trinajstić information content (AvgIpc) is 3.00. The van der Waals surface area contributed by atoms with Crippen molar-refractivity contribution >= 4 is 51.6 Å². The molecule has 2 rings (SSSR count). The summed E-state index contributed by atoms with van der Waals surface area (Å²) in [5.41, 5.74) is 12.0. The molecule has 0 radical (unpaired) electrons. The molecule has 10 heteroatoms. The lowest BCUT2D eigenvalue weighted by Crippen LogP contribution is -2.38. The second-order valence-corrected chi connectivity index (χ2v) is 7.37. The number of thiocarbonyl (C=S) groups is 1. The van der Waals surface area contributed by atoms with Crippen LogP contribution in [0.3, 0.4) is 0 Å². The van der Waals surface area contributed by atoms with E-state index in [0.717, 1.165) is 12.8 Å². The Morgan fingerprint density at radius 2 is 2.27 bits per heavy atom. The first kappa shape index (κ1) is 20.3. The summed E-state index contributed by atoms with van der Waals surface area (Å²) < 4.78 is 0. The van der Waals surface area contributed by atoms with E-state index < -0.39 is 5.91 Å². The second-order valence-electron chi connectivity index (χ2n) is 5.93. The van der Waals surface area contributed by atoms with E-state index in [9.17, 15) is 4.79 Å². The van der Waals surface area contributed by atoms with Gasteiger partial charge in [0.2, 0.25) is 0 Å². The minimum atomic E-state index is -0.712. The van der Waals surface area contributed by atoms with E-state index in [4.69, 9.17) is 29.1 Å². The number of amides is 1. The summed E-state index contributed by atoms with van der Waals surface area (Å²) in [5, 5.41) is 14.4. The van der Waals surface area contributed by atoms with E-state index in [1.807, 2.05) is 13.0 Å². The molecule has 26 heavy (non-hydrogen) atoms. The fourth-order valence-electron chi connectivity index (χ4n) is 2.44. The zero-order valence-electron chi connectivity index (χ0n) is 14.7. The first-order valence-corrected chi connectivity index (χ1v) is 9.65. The van der Waals surface area contributed by atoms with Crippen LogP contribution in [0.1, 0.15) is 37.2 Å². The lowest BCUT2D eigenvalue weighted by molar-refractivity contribution is 0.0996. The molecule has 8 nitrogen and oxygen atoms in total. The van der Waals surface area contributed by atoms with Crippen LogP contribution in [0.15, 0.2) is 17.8 Å². The van der Waals surface area contributed by atoms with E-state index in [-0.39, 0.29) is 23.6 Å². The Bertz CT molecular complexity index is 748. The maximum absolute atomic E-state index is 11.7. The van der Waals surface area contributed by atoms with Gasteiger partial charge in [0, 0.05) is 23.4 Å². The minimum absolute atomic E-state index is 0.0106. The summed E-state index contributed by atoms with van der Waals surface area (Å²) in [6.07, 6.45) is 5.15. The molecular weight excluding hydrogens is 370 g/mol. The van der Waals surface area contributed by atoms with Crippen molar-refractivity contribution < 1.29 is 4.79 Å². The molecule has 1 aliphatic rings. The van der Waals surface area contributed by atoms with Crippen molar-refractivity contribution in [3.8, 4) is 0 Å². The van der Waals surface area contributed by atoms with E-state index in [1.54, 1.807) is 0 Å². The van der Waals surface area contributed by atoms with Gasteiger partial charge < -0.3 is 22.1 Å². The van der Waals surface area contributed by atoms with Crippen LogP contribution >= 0.6 is 24.0 Å². The zero-order valence-corrected chi connectivity index (χ0v) is 16.3. The number of nitrogens with two attached hydrogens (primary N) is 2. The number of aromatic nitrogens is 2. The number of carbonyl (C=O) groups is 1. The Labute approximate surface area is 162 Å². The van der Waals surface area contributed by atoms with Crippen molar-refractivity contribution in [1.82, 2.24) is 9.97 Å². The van der Waals surface area contributed by atoms with Gasteiger partial charge in [0.05, 0.1) is 11.2 Å². The molecule has 0 saturated carbocycles. The maximum atomic E-state index is 11.7. The van der Waals surface area contributed by atoms with Crippen LogP contribution in [0.25, 0.3) is 0 Å². The van der Waals surface area contributed by atoms with Gasteiger partial charge in [0.15, 0.2) is 11.5 Å². The van der Waals surface area contributed by atoms with Gasteiger partial charge in [-0.05, 0) is 13.3 Å². The van der Waals surface area contributed by atoms with Crippen molar-refractivity contribution in [3.63, 3.8) is 0 Å². The van der Waals surface area contributed by atoms with Gasteiger partial charge in [-0.3, -0.25) is 10.2 Å². The van der Waals surface area contributed by atoms with Crippen molar-refractivity contribution in [2.75, 3.05) is 16.4 Å². The van der Waals surface area contributed by atoms with Gasteiger partial charge >= 0.3 is 0 Å². The van der Waals surface area contributed by atoms with Gasteiger partial charge in [-0.1, -0.05) is 31.6 Å². The third-order valence-electron chi connectivity index (χ3n) is 3.81. The normalized spacial score (nSPS) is 16.0. The van der Waals surface area contributed by atoms with Gasteiger partial charge in [-0.2, -0.15) is 0 Å². The summed E-state index contributed by atoms with van der Waals surface area (Å²) in [6.45, 7) is 4.00. The first-order valence-electron chi connectivity index (χ1n) is 8.25. The molecule has 0 spiro atoms.